The number of fused-ring (bicyclic) bond motifs is 4. The molecule has 2 aliphatic heterocycles. The first-order valence-corrected chi connectivity index (χ1v) is 12.1. The van der Waals surface area contributed by atoms with Gasteiger partial charge in [-0.3, -0.25) is 9.59 Å². The molecule has 10 heteroatoms. The summed E-state index contributed by atoms with van der Waals surface area (Å²) in [5.74, 6) is 0.349. The zero-order valence-electron chi connectivity index (χ0n) is 18.5. The molecular weight excluding hydrogens is 432 g/mol. The fraction of sp³-hybridized carbons (Fsp3) is 0.455. The predicted octanol–water partition coefficient (Wildman–Crippen LogP) is -0.252. The Labute approximate surface area is 187 Å². The Morgan fingerprint density at radius 2 is 1.84 bits per heavy atom. The number of likely N-dealkylation sites (N-methyl/N-ethyl adjacent to an activating group) is 1. The van der Waals surface area contributed by atoms with Crippen LogP contribution >= 0.6 is 0 Å². The second-order valence-corrected chi connectivity index (χ2v) is 10.8. The van der Waals surface area contributed by atoms with Crippen molar-refractivity contribution in [2.24, 2.45) is 5.92 Å². The standard InChI is InChI=1S/C22H28N4O5S/c1-24(2)14-21(27)23-19-8-9-20-16-10-15(12-26(20)22(19)28)11-25(13-16)32(29,30)18-6-4-17(31-3)5-7-18/h4-9,15-16H,10-14H2,1-3H3,(H,23,27)/p+1/t15-,16+/m0/s1. The molecule has 2 aliphatic rings. The van der Waals surface area contributed by atoms with Crippen LogP contribution in [0.4, 0.5) is 5.69 Å². The highest BCUT2D eigenvalue weighted by Gasteiger charge is 2.39. The van der Waals surface area contributed by atoms with E-state index in [2.05, 4.69) is 5.32 Å². The number of piperidine rings is 1. The van der Waals surface area contributed by atoms with Crippen LogP contribution in [0.25, 0.3) is 0 Å². The molecule has 2 N–H and O–H groups in total. The first-order chi connectivity index (χ1) is 15.2. The molecule has 1 aromatic carbocycles. The highest BCUT2D eigenvalue weighted by Crippen LogP contribution is 2.37. The summed E-state index contributed by atoms with van der Waals surface area (Å²) in [5, 5.41) is 2.71. The molecule has 2 atom stereocenters. The van der Waals surface area contributed by atoms with Crippen LogP contribution in [0.5, 0.6) is 5.75 Å². The van der Waals surface area contributed by atoms with Gasteiger partial charge in [0.2, 0.25) is 10.0 Å². The van der Waals surface area contributed by atoms with Gasteiger partial charge in [-0.2, -0.15) is 4.31 Å². The highest BCUT2D eigenvalue weighted by atomic mass is 32.2. The van der Waals surface area contributed by atoms with E-state index >= 15 is 0 Å². The van der Waals surface area contributed by atoms with Crippen LogP contribution in [0.2, 0.25) is 0 Å². The minimum atomic E-state index is -3.65. The molecular formula is C22H29N4O5S+. The summed E-state index contributed by atoms with van der Waals surface area (Å²) in [6.45, 7) is 1.38. The average molecular weight is 462 g/mol. The number of carbonyl (C=O) groups is 1. The van der Waals surface area contributed by atoms with Crippen molar-refractivity contribution >= 4 is 21.6 Å². The van der Waals surface area contributed by atoms with Gasteiger partial charge in [-0.05, 0) is 48.7 Å². The van der Waals surface area contributed by atoms with Crippen LogP contribution in [0.3, 0.4) is 0 Å². The van der Waals surface area contributed by atoms with E-state index in [1.807, 2.05) is 20.2 Å². The van der Waals surface area contributed by atoms with E-state index in [9.17, 15) is 18.0 Å². The number of anilines is 1. The summed E-state index contributed by atoms with van der Waals surface area (Å²) in [6.07, 6.45) is 0.837. The van der Waals surface area contributed by atoms with Crippen molar-refractivity contribution in [2.45, 2.75) is 23.8 Å². The zero-order valence-corrected chi connectivity index (χ0v) is 19.3. The van der Waals surface area contributed by atoms with Gasteiger partial charge in [-0.1, -0.05) is 0 Å². The van der Waals surface area contributed by atoms with Crippen molar-refractivity contribution in [3.8, 4) is 5.75 Å². The number of nitrogens with one attached hydrogen (secondary N) is 2. The molecule has 0 saturated carbocycles. The number of carbonyl (C=O) groups excluding carboxylic acids is 1. The average Bonchev–Trinajstić information content (AvgIpc) is 2.75. The van der Waals surface area contributed by atoms with Crippen molar-refractivity contribution in [1.29, 1.82) is 0 Å². The number of methoxy groups -OCH3 is 1. The van der Waals surface area contributed by atoms with Gasteiger partial charge < -0.3 is 19.5 Å². The molecule has 2 aromatic rings. The summed E-state index contributed by atoms with van der Waals surface area (Å²) in [7, 11) is 1.62. The maximum absolute atomic E-state index is 13.2. The van der Waals surface area contributed by atoms with Gasteiger partial charge in [0.25, 0.3) is 11.5 Å². The second kappa shape index (κ2) is 8.68. The van der Waals surface area contributed by atoms with Crippen LogP contribution in [0.1, 0.15) is 18.0 Å². The first-order valence-electron chi connectivity index (χ1n) is 10.7. The summed E-state index contributed by atoms with van der Waals surface area (Å²) >= 11 is 0. The number of hydrogen-bond acceptors (Lipinski definition) is 5. The highest BCUT2D eigenvalue weighted by molar-refractivity contribution is 7.89. The Morgan fingerprint density at radius 3 is 2.50 bits per heavy atom. The SMILES string of the molecule is COc1ccc(S(=O)(=O)N2C[C@@H]3C[C@H](C2)c2ccc(NC(=O)C[NH+](C)C)c(=O)n2C3)cc1. The maximum atomic E-state index is 13.2. The molecule has 172 valence electrons. The number of nitrogens with zero attached hydrogens (tertiary/aromatic N) is 2. The topological polar surface area (TPSA) is 102 Å². The molecule has 0 unspecified atom stereocenters. The first kappa shape index (κ1) is 22.5. The molecule has 9 nitrogen and oxygen atoms in total. The normalized spacial score (nSPS) is 20.6. The molecule has 1 saturated heterocycles. The zero-order chi connectivity index (χ0) is 23.0. The Hall–Kier alpha value is -2.69. The molecule has 2 bridgehead atoms. The van der Waals surface area contributed by atoms with Crippen LogP contribution in [-0.2, 0) is 21.4 Å². The number of rotatable bonds is 6. The smallest absolute Gasteiger partial charge is 0.279 e. The van der Waals surface area contributed by atoms with E-state index in [1.54, 1.807) is 34.9 Å². The minimum absolute atomic E-state index is 0.0316. The molecule has 0 aliphatic carbocycles. The fourth-order valence-electron chi connectivity index (χ4n) is 4.61. The fourth-order valence-corrected chi connectivity index (χ4v) is 6.17. The van der Waals surface area contributed by atoms with Crippen molar-refractivity contribution < 1.29 is 22.8 Å². The molecule has 0 radical (unpaired) electrons. The minimum Gasteiger partial charge on any atom is -0.497 e. The van der Waals surface area contributed by atoms with E-state index in [1.165, 1.54) is 11.4 Å². The summed E-state index contributed by atoms with van der Waals surface area (Å²) in [5.41, 5.74) is 0.852. The number of ether oxygens (including phenoxy) is 1. The lowest BCUT2D eigenvalue weighted by Crippen LogP contribution is -3.06. The number of sulfonamides is 1. The Kier molecular flexibility index (Phi) is 6.11. The van der Waals surface area contributed by atoms with E-state index < -0.39 is 10.0 Å². The van der Waals surface area contributed by atoms with Crippen LogP contribution in [-0.4, -0.2) is 64.0 Å². The lowest BCUT2D eigenvalue weighted by atomic mass is 9.84. The lowest BCUT2D eigenvalue weighted by Gasteiger charge is -2.42. The second-order valence-electron chi connectivity index (χ2n) is 8.82. The van der Waals surface area contributed by atoms with Crippen LogP contribution < -0.4 is 20.5 Å². The van der Waals surface area contributed by atoms with Crippen molar-refractivity contribution in [1.82, 2.24) is 8.87 Å². The number of amides is 1. The third kappa shape index (κ3) is 4.30. The van der Waals surface area contributed by atoms with Gasteiger partial charge in [-0.15, -0.1) is 0 Å². The Bertz CT molecular complexity index is 1170. The predicted molar refractivity (Wildman–Crippen MR) is 120 cm³/mol. The van der Waals surface area contributed by atoms with Crippen molar-refractivity contribution in [3.05, 3.63) is 52.4 Å². The Morgan fingerprint density at radius 1 is 1.12 bits per heavy atom. The van der Waals surface area contributed by atoms with Crippen molar-refractivity contribution in [3.63, 3.8) is 0 Å². The summed E-state index contributed by atoms with van der Waals surface area (Å²) < 4.78 is 34.8. The molecule has 1 aromatic heterocycles. The maximum Gasteiger partial charge on any atom is 0.279 e. The molecule has 32 heavy (non-hydrogen) atoms. The van der Waals surface area contributed by atoms with E-state index in [0.717, 1.165) is 17.0 Å². The third-order valence-electron chi connectivity index (χ3n) is 6.06. The van der Waals surface area contributed by atoms with Crippen LogP contribution in [0.15, 0.2) is 46.1 Å². The van der Waals surface area contributed by atoms with Crippen molar-refractivity contribution in [2.75, 3.05) is 46.2 Å². The number of pyridine rings is 1. The number of quaternary nitrogens is 1. The van der Waals surface area contributed by atoms with Gasteiger partial charge >= 0.3 is 0 Å². The Balaban J connectivity index is 1.58. The van der Waals surface area contributed by atoms with E-state index in [-0.39, 0.29) is 40.4 Å². The van der Waals surface area contributed by atoms with E-state index in [4.69, 9.17) is 4.74 Å². The molecule has 4 rings (SSSR count). The van der Waals surface area contributed by atoms with Gasteiger partial charge in [0, 0.05) is 31.2 Å². The largest absolute Gasteiger partial charge is 0.497 e. The number of aromatic nitrogens is 1. The van der Waals surface area contributed by atoms with Gasteiger partial charge in [0.1, 0.15) is 11.4 Å². The van der Waals surface area contributed by atoms with Crippen LogP contribution in [0, 0.1) is 5.92 Å². The van der Waals surface area contributed by atoms with Gasteiger partial charge in [0.15, 0.2) is 6.54 Å². The van der Waals surface area contributed by atoms with Gasteiger partial charge in [0.05, 0.1) is 26.1 Å². The summed E-state index contributed by atoms with van der Waals surface area (Å²) in [4.78, 5) is 26.3. The number of benzene rings is 1. The van der Waals surface area contributed by atoms with E-state index in [0.29, 0.717) is 25.4 Å². The molecule has 1 fully saturated rings. The quantitative estimate of drug-likeness (QED) is 0.618. The lowest BCUT2D eigenvalue weighted by molar-refractivity contribution is -0.849. The third-order valence-corrected chi connectivity index (χ3v) is 7.90. The molecule has 3 heterocycles. The molecule has 0 spiro atoms. The van der Waals surface area contributed by atoms with Gasteiger partial charge in [-0.25, -0.2) is 8.42 Å². The monoisotopic (exact) mass is 461 g/mol. The number of hydrogen-bond donors (Lipinski definition) is 2. The molecule has 1 amide bonds. The summed E-state index contributed by atoms with van der Waals surface area (Å²) in [6, 6.07) is 9.86.